The van der Waals surface area contributed by atoms with E-state index in [0.29, 0.717) is 33.5 Å². The number of hydrogen-bond donors (Lipinski definition) is 1. The highest BCUT2D eigenvalue weighted by Gasteiger charge is 2.21. The van der Waals surface area contributed by atoms with Gasteiger partial charge in [0.2, 0.25) is 5.88 Å². The first-order chi connectivity index (χ1) is 16.7. The molecule has 35 heavy (non-hydrogen) atoms. The zero-order valence-electron chi connectivity index (χ0n) is 19.9. The summed E-state index contributed by atoms with van der Waals surface area (Å²) in [6.07, 6.45) is 3.16. The lowest BCUT2D eigenvalue weighted by Crippen LogP contribution is -2.27. The fourth-order valence-corrected chi connectivity index (χ4v) is 4.91. The lowest BCUT2D eigenvalue weighted by molar-refractivity contribution is -0.110. The molecule has 0 unspecified atom stereocenters. The van der Waals surface area contributed by atoms with Gasteiger partial charge in [-0.05, 0) is 45.1 Å². The summed E-state index contributed by atoms with van der Waals surface area (Å²) in [5.74, 6) is 0.0774. The molecule has 0 radical (unpaired) electrons. The van der Waals surface area contributed by atoms with E-state index < -0.39 is 15.7 Å². The number of aromatic nitrogens is 2. The van der Waals surface area contributed by atoms with Crippen LogP contribution in [0.2, 0.25) is 0 Å². The molecule has 1 aliphatic heterocycles. The van der Waals surface area contributed by atoms with Crippen molar-refractivity contribution in [3.63, 3.8) is 0 Å². The fourth-order valence-electron chi connectivity index (χ4n) is 3.46. The van der Waals surface area contributed by atoms with Crippen molar-refractivity contribution in [1.82, 2.24) is 19.9 Å². The fraction of sp³-hybridized carbons (Fsp3) is 0.391. The van der Waals surface area contributed by atoms with Crippen molar-refractivity contribution < 1.29 is 17.9 Å². The van der Waals surface area contributed by atoms with E-state index in [1.54, 1.807) is 18.2 Å². The number of rotatable bonds is 9. The van der Waals surface area contributed by atoms with Crippen LogP contribution in [0.25, 0.3) is 10.3 Å². The average molecular weight is 517 g/mol. The molecule has 4 rings (SSSR count). The number of nitrogens with zero attached hydrogens (tertiary/aromatic N) is 5. The number of hydrazone groups is 1. The number of sulfone groups is 1. The predicted octanol–water partition coefficient (Wildman–Crippen LogP) is 2.47. The molecule has 1 saturated heterocycles. The number of pyridine rings is 1. The number of ether oxygens (including phenoxy) is 1. The predicted molar refractivity (Wildman–Crippen MR) is 137 cm³/mol. The SMILES string of the molecule is CN(C)CCOc1ccc2nc(NC(=O)/C(=N/N3CCCC3)c3ccc(S(C)(=O)=O)cc3)sc2n1. The summed E-state index contributed by atoms with van der Waals surface area (Å²) in [6.45, 7) is 2.82. The summed E-state index contributed by atoms with van der Waals surface area (Å²) in [4.78, 5) is 25.1. The van der Waals surface area contributed by atoms with E-state index >= 15 is 0 Å². The van der Waals surface area contributed by atoms with Crippen LogP contribution >= 0.6 is 11.3 Å². The number of hydrogen-bond acceptors (Lipinski definition) is 10. The van der Waals surface area contributed by atoms with Crippen LogP contribution in [-0.2, 0) is 14.6 Å². The molecule has 1 amide bonds. The smallest absolute Gasteiger partial charge is 0.278 e. The second-order valence-electron chi connectivity index (χ2n) is 8.50. The van der Waals surface area contributed by atoms with Crippen LogP contribution in [0.15, 0.2) is 46.4 Å². The number of thiazole rings is 1. The number of carbonyl (C=O) groups excluding carboxylic acids is 1. The molecule has 2 aromatic heterocycles. The molecule has 0 atom stereocenters. The van der Waals surface area contributed by atoms with Crippen LogP contribution < -0.4 is 10.1 Å². The highest BCUT2D eigenvalue weighted by Crippen LogP contribution is 2.26. The van der Waals surface area contributed by atoms with Gasteiger partial charge in [-0.1, -0.05) is 23.5 Å². The van der Waals surface area contributed by atoms with E-state index in [9.17, 15) is 13.2 Å². The number of amides is 1. The van der Waals surface area contributed by atoms with E-state index in [2.05, 4.69) is 20.4 Å². The maximum atomic E-state index is 13.3. The van der Waals surface area contributed by atoms with Gasteiger partial charge in [0.25, 0.3) is 5.91 Å². The molecule has 3 aromatic rings. The Morgan fingerprint density at radius 3 is 2.51 bits per heavy atom. The number of likely N-dealkylation sites (N-methyl/N-ethyl adjacent to an activating group) is 1. The minimum absolute atomic E-state index is 0.183. The summed E-state index contributed by atoms with van der Waals surface area (Å²) in [7, 11) is 0.599. The first-order valence-corrected chi connectivity index (χ1v) is 13.9. The Kier molecular flexibility index (Phi) is 7.63. The lowest BCUT2D eigenvalue weighted by Gasteiger charge is -2.14. The van der Waals surface area contributed by atoms with Gasteiger partial charge in [-0.15, -0.1) is 0 Å². The van der Waals surface area contributed by atoms with Crippen molar-refractivity contribution in [2.75, 3.05) is 51.9 Å². The van der Waals surface area contributed by atoms with Gasteiger partial charge in [0.1, 0.15) is 17.0 Å². The van der Waals surface area contributed by atoms with Crippen molar-refractivity contribution in [1.29, 1.82) is 0 Å². The van der Waals surface area contributed by atoms with Crippen molar-refractivity contribution in [3.05, 3.63) is 42.0 Å². The Morgan fingerprint density at radius 1 is 1.14 bits per heavy atom. The maximum Gasteiger partial charge on any atom is 0.278 e. The van der Waals surface area contributed by atoms with Crippen molar-refractivity contribution in [2.24, 2.45) is 5.10 Å². The highest BCUT2D eigenvalue weighted by atomic mass is 32.2. The number of anilines is 1. The minimum Gasteiger partial charge on any atom is -0.476 e. The molecule has 1 fully saturated rings. The van der Waals surface area contributed by atoms with Gasteiger partial charge in [0, 0.05) is 37.5 Å². The molecule has 186 valence electrons. The van der Waals surface area contributed by atoms with Crippen LogP contribution in [0.5, 0.6) is 5.88 Å². The number of fused-ring (bicyclic) bond motifs is 1. The van der Waals surface area contributed by atoms with E-state index in [-0.39, 0.29) is 10.6 Å². The van der Waals surface area contributed by atoms with Gasteiger partial charge in [0.05, 0.1) is 4.90 Å². The van der Waals surface area contributed by atoms with Crippen LogP contribution in [0.1, 0.15) is 18.4 Å². The number of benzene rings is 1. The summed E-state index contributed by atoms with van der Waals surface area (Å²) in [5, 5.41) is 9.66. The molecule has 3 heterocycles. The van der Waals surface area contributed by atoms with E-state index in [1.165, 1.54) is 23.5 Å². The summed E-state index contributed by atoms with van der Waals surface area (Å²) in [5.41, 5.74) is 1.38. The second kappa shape index (κ2) is 10.7. The van der Waals surface area contributed by atoms with Gasteiger partial charge in [-0.2, -0.15) is 5.10 Å². The quantitative estimate of drug-likeness (QED) is 0.431. The Bertz CT molecular complexity index is 1330. The third kappa shape index (κ3) is 6.53. The van der Waals surface area contributed by atoms with E-state index in [4.69, 9.17) is 4.74 Å². The summed E-state index contributed by atoms with van der Waals surface area (Å²) in [6, 6.07) is 9.73. The first-order valence-electron chi connectivity index (χ1n) is 11.2. The van der Waals surface area contributed by atoms with Crippen LogP contribution in [-0.4, -0.2) is 86.5 Å². The molecule has 10 nitrogen and oxygen atoms in total. The largest absolute Gasteiger partial charge is 0.476 e. The molecular formula is C23H28N6O4S2. The van der Waals surface area contributed by atoms with Gasteiger partial charge < -0.3 is 9.64 Å². The van der Waals surface area contributed by atoms with Gasteiger partial charge in [-0.3, -0.25) is 15.1 Å². The Balaban J connectivity index is 1.55. The Labute approximate surface area is 208 Å². The molecule has 1 N–H and O–H groups in total. The standard InChI is InChI=1S/C23H28N6O4S2/c1-28(2)14-15-33-19-11-10-18-22(25-19)34-23(24-18)26-21(30)20(27-29-12-4-5-13-29)16-6-8-17(9-7-16)35(3,31)32/h6-11H,4-5,12-15H2,1-3H3,(H,24,26,30)/b27-20+. The van der Waals surface area contributed by atoms with Crippen LogP contribution in [0, 0.1) is 0 Å². The lowest BCUT2D eigenvalue weighted by atomic mass is 10.1. The van der Waals surface area contributed by atoms with Gasteiger partial charge in [0.15, 0.2) is 20.7 Å². The maximum absolute atomic E-state index is 13.3. The molecular weight excluding hydrogens is 488 g/mol. The summed E-state index contributed by atoms with van der Waals surface area (Å²) < 4.78 is 29.3. The monoisotopic (exact) mass is 516 g/mol. The van der Waals surface area contributed by atoms with Crippen LogP contribution in [0.3, 0.4) is 0 Å². The average Bonchev–Trinajstić information content (AvgIpc) is 3.45. The molecule has 1 aliphatic rings. The molecule has 0 spiro atoms. The molecule has 0 saturated carbocycles. The zero-order valence-corrected chi connectivity index (χ0v) is 21.5. The van der Waals surface area contributed by atoms with Crippen LogP contribution in [0.4, 0.5) is 5.13 Å². The molecule has 0 bridgehead atoms. The number of nitrogens with one attached hydrogen (secondary N) is 1. The third-order valence-electron chi connectivity index (χ3n) is 5.33. The zero-order chi connectivity index (χ0) is 25.0. The van der Waals surface area contributed by atoms with Gasteiger partial charge >= 0.3 is 0 Å². The van der Waals surface area contributed by atoms with E-state index in [0.717, 1.165) is 38.7 Å². The third-order valence-corrected chi connectivity index (χ3v) is 7.34. The van der Waals surface area contributed by atoms with Crippen molar-refractivity contribution in [2.45, 2.75) is 17.7 Å². The minimum atomic E-state index is -3.34. The molecule has 0 aliphatic carbocycles. The summed E-state index contributed by atoms with van der Waals surface area (Å²) >= 11 is 1.25. The van der Waals surface area contributed by atoms with Crippen molar-refractivity contribution >= 4 is 48.3 Å². The Morgan fingerprint density at radius 2 is 1.86 bits per heavy atom. The first kappa shape index (κ1) is 25.0. The normalized spacial score (nSPS) is 14.6. The van der Waals surface area contributed by atoms with Gasteiger partial charge in [-0.25, -0.2) is 18.4 Å². The highest BCUT2D eigenvalue weighted by molar-refractivity contribution is 7.90. The topological polar surface area (TPSA) is 117 Å². The Hall–Kier alpha value is -3.09. The number of carbonyl (C=O) groups is 1. The van der Waals surface area contributed by atoms with E-state index in [1.807, 2.05) is 30.1 Å². The second-order valence-corrected chi connectivity index (χ2v) is 11.5. The molecule has 12 heteroatoms. The molecule has 1 aromatic carbocycles. The van der Waals surface area contributed by atoms with Crippen molar-refractivity contribution in [3.8, 4) is 5.88 Å².